The molecule has 0 spiro atoms. The molecule has 2 aromatic rings. The number of amides is 1. The molecule has 21 heavy (non-hydrogen) atoms. The van der Waals surface area contributed by atoms with Gasteiger partial charge in [-0.05, 0) is 30.7 Å². The van der Waals surface area contributed by atoms with Crippen LogP contribution in [0.1, 0.15) is 35.2 Å². The van der Waals surface area contributed by atoms with E-state index in [0.717, 1.165) is 12.8 Å². The molecule has 4 nitrogen and oxygen atoms in total. The van der Waals surface area contributed by atoms with Crippen molar-refractivity contribution in [1.29, 1.82) is 0 Å². The van der Waals surface area contributed by atoms with Crippen LogP contribution in [-0.4, -0.2) is 34.1 Å². The van der Waals surface area contributed by atoms with Crippen LogP contribution >= 0.6 is 0 Å². The van der Waals surface area contributed by atoms with Crippen LogP contribution in [0.2, 0.25) is 0 Å². The third-order valence-electron chi connectivity index (χ3n) is 4.52. The fourth-order valence-corrected chi connectivity index (χ4v) is 3.40. The minimum absolute atomic E-state index is 0.0636. The highest BCUT2D eigenvalue weighted by atomic mass is 16.2. The largest absolute Gasteiger partial charge is 0.338 e. The van der Waals surface area contributed by atoms with Crippen LogP contribution in [0.5, 0.6) is 0 Å². The first-order valence-corrected chi connectivity index (χ1v) is 7.55. The third-order valence-corrected chi connectivity index (χ3v) is 4.52. The van der Waals surface area contributed by atoms with Crippen LogP contribution in [0.25, 0.3) is 0 Å². The SMILES string of the molecule is CN(C(=O)c1cn[nH]c1)[C@@H]1CCC[C@H]1Cc1ccccc1. The lowest BCUT2D eigenvalue weighted by atomic mass is 9.93. The Morgan fingerprint density at radius 1 is 1.33 bits per heavy atom. The van der Waals surface area contributed by atoms with E-state index in [4.69, 9.17) is 0 Å². The molecule has 1 aromatic heterocycles. The number of carbonyl (C=O) groups is 1. The summed E-state index contributed by atoms with van der Waals surface area (Å²) in [4.78, 5) is 14.4. The fraction of sp³-hybridized carbons (Fsp3) is 0.412. The number of rotatable bonds is 4. The maximum absolute atomic E-state index is 12.5. The molecule has 0 unspecified atom stereocenters. The van der Waals surface area contributed by atoms with Crippen molar-refractivity contribution in [3.8, 4) is 0 Å². The zero-order chi connectivity index (χ0) is 14.7. The quantitative estimate of drug-likeness (QED) is 0.938. The van der Waals surface area contributed by atoms with Crippen LogP contribution in [0.4, 0.5) is 0 Å². The summed E-state index contributed by atoms with van der Waals surface area (Å²) < 4.78 is 0. The van der Waals surface area contributed by atoms with E-state index in [1.165, 1.54) is 18.4 Å². The van der Waals surface area contributed by atoms with Crippen molar-refractivity contribution < 1.29 is 4.79 Å². The summed E-state index contributed by atoms with van der Waals surface area (Å²) in [7, 11) is 1.92. The summed E-state index contributed by atoms with van der Waals surface area (Å²) in [6.07, 6.45) is 7.81. The normalized spacial score (nSPS) is 21.4. The van der Waals surface area contributed by atoms with E-state index in [-0.39, 0.29) is 5.91 Å². The third kappa shape index (κ3) is 2.99. The number of nitrogens with zero attached hydrogens (tertiary/aromatic N) is 2. The Morgan fingerprint density at radius 3 is 2.86 bits per heavy atom. The molecule has 3 rings (SSSR count). The summed E-state index contributed by atoms with van der Waals surface area (Å²) in [5.74, 6) is 0.613. The molecule has 1 heterocycles. The Labute approximate surface area is 125 Å². The van der Waals surface area contributed by atoms with Gasteiger partial charge < -0.3 is 4.90 Å². The number of hydrogen-bond donors (Lipinski definition) is 1. The molecule has 1 aliphatic rings. The zero-order valence-electron chi connectivity index (χ0n) is 12.3. The summed E-state index contributed by atoms with van der Waals surface area (Å²) in [6.45, 7) is 0. The standard InChI is InChI=1S/C17H21N3O/c1-20(17(21)15-11-18-19-12-15)16-9-5-8-14(16)10-13-6-3-2-4-7-13/h2-4,6-7,11-12,14,16H,5,8-10H2,1H3,(H,18,19)/t14-,16+/m0/s1. The molecular weight excluding hydrogens is 262 g/mol. The number of benzene rings is 1. The minimum Gasteiger partial charge on any atom is -0.338 e. The Kier molecular flexibility index (Phi) is 4.04. The van der Waals surface area contributed by atoms with Gasteiger partial charge in [-0.1, -0.05) is 36.8 Å². The first-order chi connectivity index (χ1) is 10.3. The number of aromatic nitrogens is 2. The first kappa shape index (κ1) is 13.9. The average molecular weight is 283 g/mol. The van der Waals surface area contributed by atoms with Gasteiger partial charge in [0, 0.05) is 19.3 Å². The van der Waals surface area contributed by atoms with Crippen molar-refractivity contribution >= 4 is 5.91 Å². The Hall–Kier alpha value is -2.10. The van der Waals surface area contributed by atoms with E-state index in [9.17, 15) is 4.79 Å². The maximum atomic E-state index is 12.5. The molecule has 1 amide bonds. The van der Waals surface area contributed by atoms with E-state index < -0.39 is 0 Å². The molecular formula is C17H21N3O. The van der Waals surface area contributed by atoms with E-state index >= 15 is 0 Å². The van der Waals surface area contributed by atoms with Crippen LogP contribution in [0.3, 0.4) is 0 Å². The Morgan fingerprint density at radius 2 is 2.14 bits per heavy atom. The van der Waals surface area contributed by atoms with E-state index in [1.807, 2.05) is 18.0 Å². The lowest BCUT2D eigenvalue weighted by molar-refractivity contribution is 0.0696. The van der Waals surface area contributed by atoms with Crippen LogP contribution in [0, 0.1) is 5.92 Å². The molecule has 1 fully saturated rings. The second-order valence-electron chi connectivity index (χ2n) is 5.85. The van der Waals surface area contributed by atoms with Gasteiger partial charge in [0.15, 0.2) is 0 Å². The lowest BCUT2D eigenvalue weighted by Crippen LogP contribution is -2.39. The summed E-state index contributed by atoms with van der Waals surface area (Å²) in [6, 6.07) is 10.9. The second kappa shape index (κ2) is 6.12. The number of nitrogens with one attached hydrogen (secondary N) is 1. The van der Waals surface area contributed by atoms with Gasteiger partial charge in [0.1, 0.15) is 0 Å². The Balaban J connectivity index is 1.70. The predicted octanol–water partition coefficient (Wildman–Crippen LogP) is 2.89. The molecule has 0 bridgehead atoms. The van der Waals surface area contributed by atoms with Crippen LogP contribution < -0.4 is 0 Å². The van der Waals surface area contributed by atoms with Gasteiger partial charge in [0.05, 0.1) is 11.8 Å². The number of hydrogen-bond acceptors (Lipinski definition) is 2. The van der Waals surface area contributed by atoms with Gasteiger partial charge >= 0.3 is 0 Å². The number of aromatic amines is 1. The minimum atomic E-state index is 0.0636. The topological polar surface area (TPSA) is 49.0 Å². The first-order valence-electron chi connectivity index (χ1n) is 7.55. The van der Waals surface area contributed by atoms with E-state index in [0.29, 0.717) is 17.5 Å². The molecule has 110 valence electrons. The highest BCUT2D eigenvalue weighted by Crippen LogP contribution is 2.32. The average Bonchev–Trinajstić information content (AvgIpc) is 3.18. The molecule has 0 radical (unpaired) electrons. The van der Waals surface area contributed by atoms with Gasteiger partial charge in [-0.25, -0.2) is 0 Å². The summed E-state index contributed by atoms with van der Waals surface area (Å²) >= 11 is 0. The fourth-order valence-electron chi connectivity index (χ4n) is 3.40. The molecule has 4 heteroatoms. The summed E-state index contributed by atoms with van der Waals surface area (Å²) in [5, 5.41) is 6.58. The number of carbonyl (C=O) groups excluding carboxylic acids is 1. The highest BCUT2D eigenvalue weighted by molar-refractivity contribution is 5.93. The molecule has 1 N–H and O–H groups in total. The van der Waals surface area contributed by atoms with Crippen molar-refractivity contribution in [3.05, 3.63) is 53.9 Å². The van der Waals surface area contributed by atoms with Crippen molar-refractivity contribution in [2.45, 2.75) is 31.7 Å². The number of H-pyrrole nitrogens is 1. The van der Waals surface area contributed by atoms with Gasteiger partial charge in [-0.15, -0.1) is 0 Å². The zero-order valence-corrected chi connectivity index (χ0v) is 12.3. The van der Waals surface area contributed by atoms with Crippen LogP contribution in [-0.2, 0) is 6.42 Å². The van der Waals surface area contributed by atoms with E-state index in [2.05, 4.69) is 34.5 Å². The smallest absolute Gasteiger partial charge is 0.257 e. The van der Waals surface area contributed by atoms with Gasteiger partial charge in [-0.3, -0.25) is 9.89 Å². The molecule has 1 aromatic carbocycles. The molecule has 1 aliphatic carbocycles. The van der Waals surface area contributed by atoms with Gasteiger partial charge in [-0.2, -0.15) is 5.10 Å². The lowest BCUT2D eigenvalue weighted by Gasteiger charge is -2.29. The second-order valence-corrected chi connectivity index (χ2v) is 5.85. The molecule has 2 atom stereocenters. The van der Waals surface area contributed by atoms with E-state index in [1.54, 1.807) is 12.4 Å². The molecule has 0 saturated heterocycles. The van der Waals surface area contributed by atoms with Crippen molar-refractivity contribution in [1.82, 2.24) is 15.1 Å². The molecule has 0 aliphatic heterocycles. The Bertz CT molecular complexity index is 579. The van der Waals surface area contributed by atoms with Crippen molar-refractivity contribution in [2.24, 2.45) is 5.92 Å². The predicted molar refractivity (Wildman–Crippen MR) is 82.0 cm³/mol. The maximum Gasteiger partial charge on any atom is 0.257 e. The highest BCUT2D eigenvalue weighted by Gasteiger charge is 2.33. The molecule has 1 saturated carbocycles. The van der Waals surface area contributed by atoms with Crippen molar-refractivity contribution in [3.63, 3.8) is 0 Å². The van der Waals surface area contributed by atoms with Crippen LogP contribution in [0.15, 0.2) is 42.7 Å². The van der Waals surface area contributed by atoms with Gasteiger partial charge in [0.2, 0.25) is 0 Å². The monoisotopic (exact) mass is 283 g/mol. The summed E-state index contributed by atoms with van der Waals surface area (Å²) in [5.41, 5.74) is 2.00. The van der Waals surface area contributed by atoms with Gasteiger partial charge in [0.25, 0.3) is 5.91 Å². The van der Waals surface area contributed by atoms with Crippen molar-refractivity contribution in [2.75, 3.05) is 7.05 Å².